The van der Waals surface area contributed by atoms with Crippen LogP contribution in [0, 0.1) is 0 Å². The molecule has 9 heteroatoms. The van der Waals surface area contributed by atoms with Crippen molar-refractivity contribution in [3.63, 3.8) is 0 Å². The third kappa shape index (κ3) is 3.99. The van der Waals surface area contributed by atoms with Gasteiger partial charge in [-0.2, -0.15) is 13.2 Å². The van der Waals surface area contributed by atoms with Gasteiger partial charge >= 0.3 is 6.18 Å². The Balaban J connectivity index is 2.32. The molecule has 21 heavy (non-hydrogen) atoms. The molecular formula is C12H16F3N3O2S. The maximum absolute atomic E-state index is 12.9. The van der Waals surface area contributed by atoms with Crippen molar-refractivity contribution in [1.82, 2.24) is 4.98 Å². The van der Waals surface area contributed by atoms with Crippen LogP contribution in [0.4, 0.5) is 24.8 Å². The first kappa shape index (κ1) is 15.9. The predicted molar refractivity (Wildman–Crippen MR) is 74.3 cm³/mol. The first-order chi connectivity index (χ1) is 9.71. The average molecular weight is 323 g/mol. The van der Waals surface area contributed by atoms with Crippen molar-refractivity contribution >= 4 is 21.5 Å². The normalized spacial score (nSPS) is 18.6. The minimum atomic E-state index is -4.47. The molecule has 0 amide bonds. The second-order valence-electron chi connectivity index (χ2n) is 4.77. The number of anilines is 2. The average Bonchev–Trinajstić information content (AvgIpc) is 2.37. The Labute approximate surface area is 121 Å². The molecular weight excluding hydrogens is 307 g/mol. The van der Waals surface area contributed by atoms with Gasteiger partial charge in [-0.3, -0.25) is 0 Å². The zero-order chi connectivity index (χ0) is 15.7. The van der Waals surface area contributed by atoms with E-state index < -0.39 is 21.6 Å². The van der Waals surface area contributed by atoms with E-state index in [-0.39, 0.29) is 36.2 Å². The summed E-state index contributed by atoms with van der Waals surface area (Å²) in [7, 11) is -3.09. The van der Waals surface area contributed by atoms with Gasteiger partial charge in [0.25, 0.3) is 0 Å². The molecule has 0 aliphatic carbocycles. The Morgan fingerprint density at radius 2 is 1.90 bits per heavy atom. The molecule has 0 aromatic carbocycles. The van der Waals surface area contributed by atoms with Gasteiger partial charge in [-0.1, -0.05) is 0 Å². The zero-order valence-electron chi connectivity index (χ0n) is 11.4. The quantitative estimate of drug-likeness (QED) is 0.918. The van der Waals surface area contributed by atoms with Crippen molar-refractivity contribution in [2.75, 3.05) is 41.4 Å². The van der Waals surface area contributed by atoms with E-state index in [1.54, 1.807) is 11.8 Å². The highest BCUT2D eigenvalue weighted by Crippen LogP contribution is 2.33. The highest BCUT2D eigenvalue weighted by molar-refractivity contribution is 7.91. The van der Waals surface area contributed by atoms with Gasteiger partial charge in [0.1, 0.15) is 11.6 Å². The number of hydrogen-bond acceptors (Lipinski definition) is 5. The van der Waals surface area contributed by atoms with Crippen LogP contribution in [-0.2, 0) is 16.0 Å². The van der Waals surface area contributed by atoms with Gasteiger partial charge < -0.3 is 10.2 Å². The predicted octanol–water partition coefficient (Wildman–Crippen LogP) is 1.77. The van der Waals surface area contributed by atoms with E-state index in [0.29, 0.717) is 6.54 Å². The molecule has 0 unspecified atom stereocenters. The fraction of sp³-hybridized carbons (Fsp3) is 0.583. The van der Waals surface area contributed by atoms with Crippen molar-refractivity contribution in [2.45, 2.75) is 13.1 Å². The molecule has 0 bridgehead atoms. The highest BCUT2D eigenvalue weighted by atomic mass is 32.2. The second kappa shape index (κ2) is 5.70. The Bertz CT molecular complexity index is 603. The van der Waals surface area contributed by atoms with Crippen LogP contribution < -0.4 is 10.2 Å². The van der Waals surface area contributed by atoms with Crippen molar-refractivity contribution in [1.29, 1.82) is 0 Å². The van der Waals surface area contributed by atoms with E-state index in [2.05, 4.69) is 10.3 Å². The number of nitrogens with zero attached hydrogens (tertiary/aromatic N) is 2. The Kier molecular flexibility index (Phi) is 4.31. The molecule has 2 rings (SSSR count). The van der Waals surface area contributed by atoms with Crippen molar-refractivity contribution in [3.8, 4) is 0 Å². The van der Waals surface area contributed by atoms with Gasteiger partial charge in [0, 0.05) is 19.6 Å². The summed E-state index contributed by atoms with van der Waals surface area (Å²) in [5.41, 5.74) is -0.795. The summed E-state index contributed by atoms with van der Waals surface area (Å²) < 4.78 is 61.5. The van der Waals surface area contributed by atoms with Crippen LogP contribution >= 0.6 is 0 Å². The Morgan fingerprint density at radius 1 is 1.29 bits per heavy atom. The van der Waals surface area contributed by atoms with E-state index in [1.807, 2.05) is 0 Å². The monoisotopic (exact) mass is 323 g/mol. The number of sulfone groups is 1. The molecule has 5 nitrogen and oxygen atoms in total. The molecule has 1 aliphatic heterocycles. The van der Waals surface area contributed by atoms with Gasteiger partial charge in [0.05, 0.1) is 17.1 Å². The van der Waals surface area contributed by atoms with Crippen LogP contribution in [-0.4, -0.2) is 44.5 Å². The fourth-order valence-corrected chi connectivity index (χ4v) is 3.26. The van der Waals surface area contributed by atoms with E-state index >= 15 is 0 Å². The number of pyridine rings is 1. The summed E-state index contributed by atoms with van der Waals surface area (Å²) in [5.74, 6) is 0.148. The summed E-state index contributed by atoms with van der Waals surface area (Å²) in [4.78, 5) is 5.69. The lowest BCUT2D eigenvalue weighted by molar-refractivity contribution is -0.137. The minimum Gasteiger partial charge on any atom is -0.370 e. The minimum absolute atomic E-state index is 0.0680. The molecule has 1 saturated heterocycles. The lowest BCUT2D eigenvalue weighted by atomic mass is 10.2. The molecule has 1 aromatic heterocycles. The van der Waals surface area contributed by atoms with E-state index in [9.17, 15) is 21.6 Å². The maximum atomic E-state index is 12.9. The first-order valence-electron chi connectivity index (χ1n) is 6.50. The van der Waals surface area contributed by atoms with Crippen LogP contribution in [0.15, 0.2) is 12.1 Å². The topological polar surface area (TPSA) is 62.3 Å². The molecule has 0 atom stereocenters. The molecule has 1 N–H and O–H groups in total. The molecule has 1 aliphatic rings. The molecule has 118 valence electrons. The third-order valence-electron chi connectivity index (χ3n) is 3.17. The van der Waals surface area contributed by atoms with Crippen LogP contribution in [0.5, 0.6) is 0 Å². The van der Waals surface area contributed by atoms with Crippen LogP contribution in [0.2, 0.25) is 0 Å². The van der Waals surface area contributed by atoms with Gasteiger partial charge in [0.15, 0.2) is 9.84 Å². The van der Waals surface area contributed by atoms with Crippen LogP contribution in [0.3, 0.4) is 0 Å². The van der Waals surface area contributed by atoms with Crippen LogP contribution in [0.25, 0.3) is 0 Å². The largest absolute Gasteiger partial charge is 0.416 e. The second-order valence-corrected chi connectivity index (χ2v) is 7.07. The number of rotatable bonds is 3. The molecule has 0 radical (unpaired) electrons. The van der Waals surface area contributed by atoms with Gasteiger partial charge in [0.2, 0.25) is 0 Å². The molecule has 1 fully saturated rings. The summed E-state index contributed by atoms with van der Waals surface area (Å²) >= 11 is 0. The molecule has 2 heterocycles. The fourth-order valence-electron chi connectivity index (χ4n) is 2.05. The summed E-state index contributed by atoms with van der Waals surface area (Å²) in [6, 6.07) is 1.91. The zero-order valence-corrected chi connectivity index (χ0v) is 12.3. The highest BCUT2D eigenvalue weighted by Gasteiger charge is 2.33. The molecule has 0 spiro atoms. The molecule has 1 aromatic rings. The van der Waals surface area contributed by atoms with Crippen molar-refractivity contribution in [3.05, 3.63) is 17.7 Å². The smallest absolute Gasteiger partial charge is 0.370 e. The lowest BCUT2D eigenvalue weighted by Gasteiger charge is -2.28. The van der Waals surface area contributed by atoms with Gasteiger partial charge in [-0.15, -0.1) is 0 Å². The van der Waals surface area contributed by atoms with Crippen LogP contribution in [0.1, 0.15) is 12.5 Å². The third-order valence-corrected chi connectivity index (χ3v) is 4.77. The van der Waals surface area contributed by atoms with E-state index in [4.69, 9.17) is 0 Å². The summed E-state index contributed by atoms with van der Waals surface area (Å²) in [6.07, 6.45) is -4.47. The number of hydrogen-bond donors (Lipinski definition) is 1. The van der Waals surface area contributed by atoms with E-state index in [1.165, 1.54) is 0 Å². The SMILES string of the molecule is CCNc1cc(C(F)(F)F)cc(N2CCS(=O)(=O)CC2)n1. The number of alkyl halides is 3. The number of halogens is 3. The molecule has 0 saturated carbocycles. The van der Waals surface area contributed by atoms with E-state index in [0.717, 1.165) is 12.1 Å². The standard InChI is InChI=1S/C12H16F3N3O2S/c1-2-16-10-7-9(12(13,14)15)8-11(17-10)18-3-5-21(19,20)6-4-18/h7-8H,2-6H2,1H3,(H,16,17). The Morgan fingerprint density at radius 3 is 2.43 bits per heavy atom. The lowest BCUT2D eigenvalue weighted by Crippen LogP contribution is -2.40. The number of nitrogens with one attached hydrogen (secondary N) is 1. The van der Waals surface area contributed by atoms with Gasteiger partial charge in [-0.25, -0.2) is 13.4 Å². The van der Waals surface area contributed by atoms with Crippen molar-refractivity contribution < 1.29 is 21.6 Å². The number of aromatic nitrogens is 1. The maximum Gasteiger partial charge on any atom is 0.416 e. The van der Waals surface area contributed by atoms with Crippen molar-refractivity contribution in [2.24, 2.45) is 0 Å². The summed E-state index contributed by atoms with van der Waals surface area (Å²) in [5, 5.41) is 2.76. The van der Waals surface area contributed by atoms with Gasteiger partial charge in [-0.05, 0) is 19.1 Å². The Hall–Kier alpha value is -1.51. The first-order valence-corrected chi connectivity index (χ1v) is 8.32. The summed E-state index contributed by atoms with van der Waals surface area (Å²) in [6.45, 7) is 2.52.